The molecule has 0 rings (SSSR count). The fourth-order valence-electron chi connectivity index (χ4n) is 1.38. The number of ether oxygens (including phenoxy) is 2. The molecule has 0 radical (unpaired) electrons. The Kier molecular flexibility index (Phi) is 14.8. The minimum Gasteiger partial charge on any atom is -0.379 e. The van der Waals surface area contributed by atoms with Crippen molar-refractivity contribution in [2.24, 2.45) is 0 Å². The van der Waals surface area contributed by atoms with Crippen LogP contribution in [0, 0.1) is 0 Å². The van der Waals surface area contributed by atoms with Crippen molar-refractivity contribution in [3.05, 3.63) is 0 Å². The molecule has 0 aliphatic rings. The molecule has 0 saturated heterocycles. The largest absolute Gasteiger partial charge is 0.379 e. The summed E-state index contributed by atoms with van der Waals surface area (Å²) in [5.41, 5.74) is 0. The van der Waals surface area contributed by atoms with Gasteiger partial charge >= 0.3 is 0 Å². The summed E-state index contributed by atoms with van der Waals surface area (Å²) in [5, 5.41) is 3.32. The van der Waals surface area contributed by atoms with Gasteiger partial charge in [0.25, 0.3) is 0 Å². The van der Waals surface area contributed by atoms with Crippen LogP contribution in [0.15, 0.2) is 0 Å². The highest BCUT2D eigenvalue weighted by atomic mass is 16.5. The Balaban J connectivity index is 2.83. The van der Waals surface area contributed by atoms with Crippen molar-refractivity contribution >= 4 is 0 Å². The zero-order valence-corrected chi connectivity index (χ0v) is 11.1. The molecule has 0 atom stereocenters. The van der Waals surface area contributed by atoms with E-state index in [2.05, 4.69) is 19.2 Å². The lowest BCUT2D eigenvalue weighted by atomic mass is 10.2. The first-order valence-electron chi connectivity index (χ1n) is 6.78. The summed E-state index contributed by atoms with van der Waals surface area (Å²) in [6.45, 7) is 9.78. The van der Waals surface area contributed by atoms with E-state index in [1.807, 2.05) is 0 Å². The highest BCUT2D eigenvalue weighted by Crippen LogP contribution is 1.95. The van der Waals surface area contributed by atoms with E-state index in [4.69, 9.17) is 9.47 Å². The summed E-state index contributed by atoms with van der Waals surface area (Å²) >= 11 is 0. The molecule has 0 aromatic heterocycles. The van der Waals surface area contributed by atoms with E-state index in [0.29, 0.717) is 0 Å². The van der Waals surface area contributed by atoms with Gasteiger partial charge in [-0.2, -0.15) is 0 Å². The molecule has 0 bridgehead atoms. The van der Waals surface area contributed by atoms with Crippen LogP contribution in [0.3, 0.4) is 0 Å². The minimum absolute atomic E-state index is 0.747. The number of unbranched alkanes of at least 4 members (excludes halogenated alkanes) is 3. The second-order valence-corrected chi connectivity index (χ2v) is 3.99. The molecular formula is C13H29NO2. The normalized spacial score (nSPS) is 10.9. The van der Waals surface area contributed by atoms with Crippen LogP contribution in [0.25, 0.3) is 0 Å². The van der Waals surface area contributed by atoms with Crippen molar-refractivity contribution in [3.8, 4) is 0 Å². The smallest absolute Gasteiger partial charge is 0.0700 e. The Morgan fingerprint density at radius 2 is 1.44 bits per heavy atom. The first-order valence-corrected chi connectivity index (χ1v) is 6.78. The van der Waals surface area contributed by atoms with Gasteiger partial charge in [-0.05, 0) is 38.8 Å². The molecule has 1 N–H and O–H groups in total. The van der Waals surface area contributed by atoms with E-state index in [1.165, 1.54) is 25.7 Å². The molecule has 0 heterocycles. The van der Waals surface area contributed by atoms with Gasteiger partial charge in [0.15, 0.2) is 0 Å². The van der Waals surface area contributed by atoms with Crippen LogP contribution in [0.2, 0.25) is 0 Å². The van der Waals surface area contributed by atoms with Crippen LogP contribution in [0.5, 0.6) is 0 Å². The third-order valence-corrected chi connectivity index (χ3v) is 2.41. The lowest BCUT2D eigenvalue weighted by molar-refractivity contribution is 0.0453. The molecule has 0 aromatic carbocycles. The van der Waals surface area contributed by atoms with Crippen LogP contribution in [0.4, 0.5) is 0 Å². The third-order valence-electron chi connectivity index (χ3n) is 2.41. The maximum absolute atomic E-state index is 5.47. The first kappa shape index (κ1) is 15.9. The molecule has 3 nitrogen and oxygen atoms in total. The summed E-state index contributed by atoms with van der Waals surface area (Å²) in [6, 6.07) is 0. The number of nitrogens with one attached hydrogen (secondary N) is 1. The molecule has 3 heteroatoms. The quantitative estimate of drug-likeness (QED) is 0.494. The highest BCUT2D eigenvalue weighted by molar-refractivity contribution is 4.45. The second-order valence-electron chi connectivity index (χ2n) is 3.99. The van der Waals surface area contributed by atoms with Gasteiger partial charge < -0.3 is 14.8 Å². The van der Waals surface area contributed by atoms with Gasteiger partial charge in [-0.25, -0.2) is 0 Å². The summed E-state index contributed by atoms with van der Waals surface area (Å²) in [5.74, 6) is 0. The van der Waals surface area contributed by atoms with E-state index in [-0.39, 0.29) is 0 Å². The van der Waals surface area contributed by atoms with Crippen LogP contribution in [-0.2, 0) is 9.47 Å². The molecule has 0 aromatic rings. The Labute approximate surface area is 101 Å². The van der Waals surface area contributed by atoms with E-state index in [0.717, 1.165) is 45.9 Å². The predicted octanol–water partition coefficient (Wildman–Crippen LogP) is 2.60. The van der Waals surface area contributed by atoms with Gasteiger partial charge in [0.1, 0.15) is 0 Å². The second kappa shape index (κ2) is 14.9. The minimum atomic E-state index is 0.747. The molecule has 0 amide bonds. The van der Waals surface area contributed by atoms with Crippen molar-refractivity contribution in [1.82, 2.24) is 5.32 Å². The molecule has 0 aliphatic heterocycles. The van der Waals surface area contributed by atoms with E-state index in [9.17, 15) is 0 Å². The summed E-state index contributed by atoms with van der Waals surface area (Å²) < 4.78 is 10.9. The molecule has 0 fully saturated rings. The molecular weight excluding hydrogens is 202 g/mol. The van der Waals surface area contributed by atoms with Crippen LogP contribution in [0.1, 0.15) is 46.0 Å². The van der Waals surface area contributed by atoms with E-state index in [1.54, 1.807) is 0 Å². The van der Waals surface area contributed by atoms with Gasteiger partial charge in [-0.15, -0.1) is 0 Å². The Bertz CT molecular complexity index is 107. The maximum atomic E-state index is 5.47. The Hall–Kier alpha value is -0.120. The zero-order valence-electron chi connectivity index (χ0n) is 11.1. The van der Waals surface area contributed by atoms with Crippen LogP contribution >= 0.6 is 0 Å². The molecule has 98 valence electrons. The van der Waals surface area contributed by atoms with E-state index >= 15 is 0 Å². The topological polar surface area (TPSA) is 30.5 Å². The monoisotopic (exact) mass is 231 g/mol. The maximum Gasteiger partial charge on any atom is 0.0700 e. The summed E-state index contributed by atoms with van der Waals surface area (Å²) in [4.78, 5) is 0. The standard InChI is InChI=1S/C13H29NO2/c1-3-5-10-15-12-13-16-11-8-6-7-9-14-4-2/h14H,3-13H2,1-2H3. The van der Waals surface area contributed by atoms with Crippen molar-refractivity contribution < 1.29 is 9.47 Å². The Morgan fingerprint density at radius 3 is 2.06 bits per heavy atom. The summed E-state index contributed by atoms with van der Waals surface area (Å²) in [7, 11) is 0. The number of rotatable bonds is 13. The SMILES string of the molecule is CCCCOCCOCCCCCNCC. The number of hydrogen-bond donors (Lipinski definition) is 1. The first-order chi connectivity index (χ1) is 7.91. The molecule has 16 heavy (non-hydrogen) atoms. The fraction of sp³-hybridized carbons (Fsp3) is 1.00. The Morgan fingerprint density at radius 1 is 0.750 bits per heavy atom. The van der Waals surface area contributed by atoms with Gasteiger partial charge in [0.2, 0.25) is 0 Å². The molecule has 0 aliphatic carbocycles. The van der Waals surface area contributed by atoms with Gasteiger partial charge in [0, 0.05) is 13.2 Å². The molecule has 0 spiro atoms. The molecule has 0 saturated carbocycles. The van der Waals surface area contributed by atoms with E-state index < -0.39 is 0 Å². The number of hydrogen-bond acceptors (Lipinski definition) is 3. The van der Waals surface area contributed by atoms with Crippen molar-refractivity contribution in [2.45, 2.75) is 46.0 Å². The van der Waals surface area contributed by atoms with Crippen LogP contribution < -0.4 is 5.32 Å². The van der Waals surface area contributed by atoms with Gasteiger partial charge in [-0.3, -0.25) is 0 Å². The fourth-order valence-corrected chi connectivity index (χ4v) is 1.38. The van der Waals surface area contributed by atoms with Crippen molar-refractivity contribution in [1.29, 1.82) is 0 Å². The average molecular weight is 231 g/mol. The van der Waals surface area contributed by atoms with Gasteiger partial charge in [0.05, 0.1) is 13.2 Å². The van der Waals surface area contributed by atoms with Gasteiger partial charge in [-0.1, -0.05) is 20.3 Å². The van der Waals surface area contributed by atoms with Crippen molar-refractivity contribution in [2.75, 3.05) is 39.5 Å². The van der Waals surface area contributed by atoms with Crippen molar-refractivity contribution in [3.63, 3.8) is 0 Å². The predicted molar refractivity (Wildman–Crippen MR) is 68.9 cm³/mol. The third kappa shape index (κ3) is 13.9. The molecule has 0 unspecified atom stereocenters. The lowest BCUT2D eigenvalue weighted by Gasteiger charge is -2.05. The summed E-state index contributed by atoms with van der Waals surface area (Å²) in [6.07, 6.45) is 6.03. The zero-order chi connectivity index (χ0) is 11.9. The highest BCUT2D eigenvalue weighted by Gasteiger charge is 1.91. The lowest BCUT2D eigenvalue weighted by Crippen LogP contribution is -2.14. The average Bonchev–Trinajstić information content (AvgIpc) is 2.31. The van der Waals surface area contributed by atoms with Crippen LogP contribution in [-0.4, -0.2) is 39.5 Å².